The molecule has 60 valence electrons. The number of nitrogens with two attached hydrogens (primary N) is 1. The summed E-state index contributed by atoms with van der Waals surface area (Å²) in [6.45, 7) is 0. The van der Waals surface area contributed by atoms with Gasteiger partial charge >= 0.3 is 0 Å². The second-order valence-corrected chi connectivity index (χ2v) is 3.30. The highest BCUT2D eigenvalue weighted by Crippen LogP contribution is 2.15. The van der Waals surface area contributed by atoms with E-state index >= 15 is 0 Å². The summed E-state index contributed by atoms with van der Waals surface area (Å²) in [4.78, 5) is 12.5. The summed E-state index contributed by atoms with van der Waals surface area (Å²) in [5.41, 5.74) is 5.13. The van der Waals surface area contributed by atoms with Crippen LogP contribution >= 0.6 is 15.9 Å². The van der Waals surface area contributed by atoms with E-state index in [0.717, 1.165) is 4.48 Å². The molecule has 0 aromatic carbocycles. The number of nitrogens with zero attached hydrogens (tertiary/aromatic N) is 1. The molecular weight excluding hydrogens is 208 g/mol. The van der Waals surface area contributed by atoms with Crippen molar-refractivity contribution in [3.8, 4) is 0 Å². The molecule has 3 nitrogen and oxygen atoms in total. The van der Waals surface area contributed by atoms with Crippen molar-refractivity contribution in [3.05, 3.63) is 22.8 Å². The number of halogens is 1. The van der Waals surface area contributed by atoms with Gasteiger partial charge in [0.15, 0.2) is 0 Å². The van der Waals surface area contributed by atoms with Crippen LogP contribution in [0.4, 0.5) is 0 Å². The maximum Gasteiger partial charge on any atom is 0.244 e. The number of rotatable bonds is 1. The van der Waals surface area contributed by atoms with Gasteiger partial charge in [-0.3, -0.25) is 4.79 Å². The SMILES string of the molecule is CN1C=C(Br)C=CC1C(N)=O. The maximum atomic E-state index is 10.8. The van der Waals surface area contributed by atoms with E-state index in [0.29, 0.717) is 0 Å². The molecule has 1 amide bonds. The first-order valence-corrected chi connectivity index (χ1v) is 3.97. The molecule has 1 aliphatic heterocycles. The summed E-state index contributed by atoms with van der Waals surface area (Å²) in [6, 6.07) is -0.309. The van der Waals surface area contributed by atoms with Crippen LogP contribution in [0, 0.1) is 0 Å². The van der Waals surface area contributed by atoms with Gasteiger partial charge in [-0.05, 0) is 22.0 Å². The van der Waals surface area contributed by atoms with Gasteiger partial charge in [-0.2, -0.15) is 0 Å². The van der Waals surface area contributed by atoms with Crippen molar-refractivity contribution in [2.45, 2.75) is 6.04 Å². The fourth-order valence-electron chi connectivity index (χ4n) is 0.932. The highest BCUT2D eigenvalue weighted by atomic mass is 79.9. The predicted octanol–water partition coefficient (Wildman–Crippen LogP) is 0.578. The van der Waals surface area contributed by atoms with Gasteiger partial charge in [0, 0.05) is 17.7 Å². The highest BCUT2D eigenvalue weighted by Gasteiger charge is 2.17. The van der Waals surface area contributed by atoms with Gasteiger partial charge in [0.25, 0.3) is 0 Å². The minimum absolute atomic E-state index is 0.309. The average Bonchev–Trinajstić information content (AvgIpc) is 1.85. The zero-order valence-electron chi connectivity index (χ0n) is 6.12. The Hall–Kier alpha value is -0.770. The van der Waals surface area contributed by atoms with Crippen molar-refractivity contribution in [2.24, 2.45) is 5.73 Å². The van der Waals surface area contributed by atoms with Gasteiger partial charge < -0.3 is 10.6 Å². The fourth-order valence-corrected chi connectivity index (χ4v) is 1.41. The number of likely N-dealkylation sites (N-methyl/N-ethyl adjacent to an activating group) is 1. The van der Waals surface area contributed by atoms with Gasteiger partial charge in [-0.25, -0.2) is 0 Å². The van der Waals surface area contributed by atoms with Gasteiger partial charge in [-0.1, -0.05) is 6.08 Å². The molecule has 4 heteroatoms. The Bertz CT molecular complexity index is 235. The van der Waals surface area contributed by atoms with Crippen LogP contribution in [0.3, 0.4) is 0 Å². The summed E-state index contributed by atoms with van der Waals surface area (Å²) in [5.74, 6) is -0.333. The first kappa shape index (κ1) is 8.33. The molecule has 0 radical (unpaired) electrons. The fraction of sp³-hybridized carbons (Fsp3) is 0.286. The number of primary amides is 1. The van der Waals surface area contributed by atoms with Gasteiger partial charge in [-0.15, -0.1) is 0 Å². The minimum Gasteiger partial charge on any atom is -0.368 e. The van der Waals surface area contributed by atoms with E-state index in [1.165, 1.54) is 0 Å². The Morgan fingerprint density at radius 3 is 2.91 bits per heavy atom. The Morgan fingerprint density at radius 1 is 1.82 bits per heavy atom. The van der Waals surface area contributed by atoms with Gasteiger partial charge in [0.05, 0.1) is 0 Å². The number of amides is 1. The Kier molecular flexibility index (Phi) is 2.34. The molecule has 1 unspecified atom stereocenters. The molecule has 0 spiro atoms. The van der Waals surface area contributed by atoms with Crippen molar-refractivity contribution < 1.29 is 4.79 Å². The quantitative estimate of drug-likeness (QED) is 0.698. The van der Waals surface area contributed by atoms with Crippen LogP contribution in [0.1, 0.15) is 0 Å². The number of hydrogen-bond donors (Lipinski definition) is 1. The summed E-state index contributed by atoms with van der Waals surface area (Å²) in [6.07, 6.45) is 5.39. The molecule has 0 aliphatic carbocycles. The van der Waals surface area contributed by atoms with Crippen LogP contribution < -0.4 is 5.73 Å². The maximum absolute atomic E-state index is 10.8. The normalized spacial score (nSPS) is 23.3. The number of hydrogen-bond acceptors (Lipinski definition) is 2. The van der Waals surface area contributed by atoms with E-state index in [-0.39, 0.29) is 11.9 Å². The molecule has 2 N–H and O–H groups in total. The first-order valence-electron chi connectivity index (χ1n) is 3.18. The first-order chi connectivity index (χ1) is 5.11. The number of allylic oxidation sites excluding steroid dienone is 2. The third kappa shape index (κ3) is 1.83. The lowest BCUT2D eigenvalue weighted by Gasteiger charge is -2.23. The lowest BCUT2D eigenvalue weighted by atomic mass is 10.2. The summed E-state index contributed by atoms with van der Waals surface area (Å²) in [5, 5.41) is 0. The van der Waals surface area contributed by atoms with Crippen LogP contribution in [-0.2, 0) is 4.79 Å². The topological polar surface area (TPSA) is 46.3 Å². The molecule has 0 fully saturated rings. The van der Waals surface area contributed by atoms with Crippen molar-refractivity contribution in [1.82, 2.24) is 4.90 Å². The van der Waals surface area contributed by atoms with Crippen molar-refractivity contribution >= 4 is 21.8 Å². The smallest absolute Gasteiger partial charge is 0.244 e. The zero-order chi connectivity index (χ0) is 8.43. The van der Waals surface area contributed by atoms with E-state index in [1.54, 1.807) is 18.0 Å². The van der Waals surface area contributed by atoms with Crippen LogP contribution in [-0.4, -0.2) is 23.9 Å². The molecule has 1 atom stereocenters. The third-order valence-electron chi connectivity index (χ3n) is 1.49. The molecule has 0 saturated carbocycles. The monoisotopic (exact) mass is 216 g/mol. The van der Waals surface area contributed by atoms with Crippen LogP contribution in [0.2, 0.25) is 0 Å². The van der Waals surface area contributed by atoms with Crippen LogP contribution in [0.15, 0.2) is 22.8 Å². The summed E-state index contributed by atoms with van der Waals surface area (Å²) < 4.78 is 0.942. The Labute approximate surface area is 73.7 Å². The molecule has 0 aromatic rings. The molecule has 0 saturated heterocycles. The molecule has 1 aliphatic rings. The molecule has 0 aromatic heterocycles. The second-order valence-electron chi connectivity index (χ2n) is 2.39. The lowest BCUT2D eigenvalue weighted by Crippen LogP contribution is -2.39. The predicted molar refractivity (Wildman–Crippen MR) is 46.9 cm³/mol. The second kappa shape index (κ2) is 3.09. The molecule has 1 heterocycles. The van der Waals surface area contributed by atoms with Crippen molar-refractivity contribution in [1.29, 1.82) is 0 Å². The Balaban J connectivity index is 2.77. The zero-order valence-corrected chi connectivity index (χ0v) is 7.71. The van der Waals surface area contributed by atoms with E-state index in [1.807, 2.05) is 12.3 Å². The van der Waals surface area contributed by atoms with E-state index in [4.69, 9.17) is 5.73 Å². The van der Waals surface area contributed by atoms with Crippen molar-refractivity contribution in [2.75, 3.05) is 7.05 Å². The average molecular weight is 217 g/mol. The molecule has 1 rings (SSSR count). The highest BCUT2D eigenvalue weighted by molar-refractivity contribution is 9.11. The Morgan fingerprint density at radius 2 is 2.45 bits per heavy atom. The third-order valence-corrected chi connectivity index (χ3v) is 1.96. The summed E-state index contributed by atoms with van der Waals surface area (Å²) in [7, 11) is 1.81. The number of carbonyl (C=O) groups excluding carboxylic acids is 1. The molecule has 11 heavy (non-hydrogen) atoms. The van der Waals surface area contributed by atoms with Crippen molar-refractivity contribution in [3.63, 3.8) is 0 Å². The minimum atomic E-state index is -0.333. The molecule has 0 bridgehead atoms. The van der Waals surface area contributed by atoms with E-state index in [9.17, 15) is 4.79 Å². The standard InChI is InChI=1S/C7H9BrN2O/c1-10-4-5(8)2-3-6(10)7(9)11/h2-4,6H,1H3,(H2,9,11). The van der Waals surface area contributed by atoms with Crippen LogP contribution in [0.25, 0.3) is 0 Å². The van der Waals surface area contributed by atoms with E-state index < -0.39 is 0 Å². The lowest BCUT2D eigenvalue weighted by molar-refractivity contribution is -0.120. The van der Waals surface area contributed by atoms with Gasteiger partial charge in [0.2, 0.25) is 5.91 Å². The van der Waals surface area contributed by atoms with Gasteiger partial charge in [0.1, 0.15) is 6.04 Å². The summed E-state index contributed by atoms with van der Waals surface area (Å²) >= 11 is 3.29. The number of carbonyl (C=O) groups is 1. The largest absolute Gasteiger partial charge is 0.368 e. The molecular formula is C7H9BrN2O. The van der Waals surface area contributed by atoms with Crippen LogP contribution in [0.5, 0.6) is 0 Å². The van der Waals surface area contributed by atoms with E-state index in [2.05, 4.69) is 15.9 Å².